The zero-order valence-electron chi connectivity index (χ0n) is 20.2. The van der Waals surface area contributed by atoms with Gasteiger partial charge in [-0.1, -0.05) is 23.4 Å². The maximum atomic E-state index is 12.9. The van der Waals surface area contributed by atoms with Crippen LogP contribution in [0.4, 0.5) is 0 Å². The van der Waals surface area contributed by atoms with Crippen LogP contribution in [0.5, 0.6) is 5.75 Å². The number of piperazine rings is 1. The molecule has 2 aromatic heterocycles. The first kappa shape index (κ1) is 23.4. The van der Waals surface area contributed by atoms with Gasteiger partial charge in [0.05, 0.1) is 13.7 Å². The maximum absolute atomic E-state index is 12.9. The van der Waals surface area contributed by atoms with Gasteiger partial charge in [0, 0.05) is 44.8 Å². The van der Waals surface area contributed by atoms with Crippen molar-refractivity contribution in [3.63, 3.8) is 0 Å². The van der Waals surface area contributed by atoms with Gasteiger partial charge in [-0.05, 0) is 55.8 Å². The SMILES string of the molecule is COc1ccc(CN2CCN(C(=O)CN3CCC(c4nc(-c5ccccn5)no4)CC3)CC2)cc1. The van der Waals surface area contributed by atoms with Crippen LogP contribution in [0.2, 0.25) is 0 Å². The Morgan fingerprint density at radius 3 is 2.46 bits per heavy atom. The van der Waals surface area contributed by atoms with Crippen LogP contribution < -0.4 is 4.74 Å². The minimum Gasteiger partial charge on any atom is -0.497 e. The van der Waals surface area contributed by atoms with E-state index in [1.165, 1.54) is 5.56 Å². The molecule has 184 valence electrons. The zero-order valence-corrected chi connectivity index (χ0v) is 20.2. The average Bonchev–Trinajstić information content (AvgIpc) is 3.41. The molecule has 3 aromatic rings. The van der Waals surface area contributed by atoms with Crippen LogP contribution in [0.1, 0.15) is 30.2 Å². The fraction of sp³-hybridized carbons (Fsp3) is 0.462. The molecular weight excluding hydrogens is 444 g/mol. The Kier molecular flexibility index (Phi) is 7.34. The Morgan fingerprint density at radius 2 is 1.77 bits per heavy atom. The summed E-state index contributed by atoms with van der Waals surface area (Å²) in [5, 5.41) is 4.10. The number of likely N-dealkylation sites (tertiary alicyclic amines) is 1. The van der Waals surface area contributed by atoms with Crippen LogP contribution in [0.3, 0.4) is 0 Å². The second kappa shape index (κ2) is 11.0. The molecule has 4 heterocycles. The first-order valence-electron chi connectivity index (χ1n) is 12.3. The number of carbonyl (C=O) groups excluding carboxylic acids is 1. The Labute approximate surface area is 205 Å². The summed E-state index contributed by atoms with van der Waals surface area (Å²) in [6, 6.07) is 13.9. The monoisotopic (exact) mass is 476 g/mol. The summed E-state index contributed by atoms with van der Waals surface area (Å²) in [4.78, 5) is 28.4. The largest absolute Gasteiger partial charge is 0.497 e. The van der Waals surface area contributed by atoms with Crippen molar-refractivity contribution >= 4 is 5.91 Å². The molecule has 0 atom stereocenters. The average molecular weight is 477 g/mol. The van der Waals surface area contributed by atoms with Crippen LogP contribution in [-0.2, 0) is 11.3 Å². The number of hydrogen-bond donors (Lipinski definition) is 0. The number of ether oxygens (including phenoxy) is 1. The van der Waals surface area contributed by atoms with Gasteiger partial charge in [-0.15, -0.1) is 0 Å². The molecule has 0 radical (unpaired) electrons. The first-order chi connectivity index (χ1) is 17.2. The van der Waals surface area contributed by atoms with Crippen LogP contribution in [-0.4, -0.2) is 88.7 Å². The molecule has 0 unspecified atom stereocenters. The number of nitrogens with zero attached hydrogens (tertiary/aromatic N) is 6. The molecule has 0 aliphatic carbocycles. The van der Waals surface area contributed by atoms with Gasteiger partial charge in [0.25, 0.3) is 0 Å². The van der Waals surface area contributed by atoms with Gasteiger partial charge in [-0.25, -0.2) is 0 Å². The smallest absolute Gasteiger partial charge is 0.236 e. The molecular formula is C26H32N6O3. The number of pyridine rings is 1. The van der Waals surface area contributed by atoms with Crippen molar-refractivity contribution in [3.8, 4) is 17.3 Å². The predicted molar refractivity (Wildman–Crippen MR) is 131 cm³/mol. The van der Waals surface area contributed by atoms with E-state index >= 15 is 0 Å². The number of methoxy groups -OCH3 is 1. The molecule has 2 aliphatic rings. The van der Waals surface area contributed by atoms with Crippen molar-refractivity contribution in [2.24, 2.45) is 0 Å². The van der Waals surface area contributed by atoms with E-state index in [1.807, 2.05) is 35.2 Å². The highest BCUT2D eigenvalue weighted by molar-refractivity contribution is 5.78. The standard InChI is InChI=1S/C26H32N6O3/c1-34-22-7-5-20(6-8-22)18-31-14-16-32(17-15-31)24(33)19-30-12-9-21(10-13-30)26-28-25(29-35-26)23-4-2-3-11-27-23/h2-8,11,21H,9-10,12-19H2,1H3. The lowest BCUT2D eigenvalue weighted by molar-refractivity contribution is -0.134. The van der Waals surface area contributed by atoms with Crippen molar-refractivity contribution in [2.45, 2.75) is 25.3 Å². The molecule has 1 amide bonds. The highest BCUT2D eigenvalue weighted by atomic mass is 16.5. The van der Waals surface area contributed by atoms with E-state index in [1.54, 1.807) is 13.3 Å². The molecule has 35 heavy (non-hydrogen) atoms. The lowest BCUT2D eigenvalue weighted by Crippen LogP contribution is -2.51. The van der Waals surface area contributed by atoms with Gasteiger partial charge in [-0.2, -0.15) is 4.98 Å². The summed E-state index contributed by atoms with van der Waals surface area (Å²) in [5.41, 5.74) is 1.98. The van der Waals surface area contributed by atoms with E-state index in [0.717, 1.165) is 70.1 Å². The fourth-order valence-corrected chi connectivity index (χ4v) is 4.77. The second-order valence-corrected chi connectivity index (χ2v) is 9.23. The number of piperidine rings is 1. The third-order valence-electron chi connectivity index (χ3n) is 6.92. The number of carbonyl (C=O) groups is 1. The third-order valence-corrected chi connectivity index (χ3v) is 6.92. The molecule has 0 bridgehead atoms. The molecule has 0 N–H and O–H groups in total. The number of hydrogen-bond acceptors (Lipinski definition) is 8. The van der Waals surface area contributed by atoms with Crippen molar-refractivity contribution < 1.29 is 14.1 Å². The summed E-state index contributed by atoms with van der Waals surface area (Å²) in [6.45, 7) is 6.45. The molecule has 9 nitrogen and oxygen atoms in total. The third kappa shape index (κ3) is 5.86. The Morgan fingerprint density at radius 1 is 1.00 bits per heavy atom. The summed E-state index contributed by atoms with van der Waals surface area (Å²) in [6.07, 6.45) is 3.54. The van der Waals surface area contributed by atoms with Gasteiger partial charge < -0.3 is 14.2 Å². The summed E-state index contributed by atoms with van der Waals surface area (Å²) >= 11 is 0. The number of benzene rings is 1. The highest BCUT2D eigenvalue weighted by Gasteiger charge is 2.28. The normalized spacial score (nSPS) is 18.0. The molecule has 0 saturated carbocycles. The quantitative estimate of drug-likeness (QED) is 0.514. The van der Waals surface area contributed by atoms with Gasteiger partial charge >= 0.3 is 0 Å². The van der Waals surface area contributed by atoms with Crippen molar-refractivity contribution in [1.29, 1.82) is 0 Å². The Balaban J connectivity index is 1.05. The minimum atomic E-state index is 0.225. The van der Waals surface area contributed by atoms with E-state index in [-0.39, 0.29) is 11.8 Å². The first-order valence-corrected chi connectivity index (χ1v) is 12.3. The predicted octanol–water partition coefficient (Wildman–Crippen LogP) is 2.66. The van der Waals surface area contributed by atoms with Gasteiger partial charge in [-0.3, -0.25) is 19.6 Å². The van der Waals surface area contributed by atoms with E-state index in [9.17, 15) is 4.79 Å². The molecule has 2 aliphatic heterocycles. The molecule has 2 saturated heterocycles. The number of rotatable bonds is 7. The Hall–Kier alpha value is -3.30. The van der Waals surface area contributed by atoms with E-state index < -0.39 is 0 Å². The van der Waals surface area contributed by atoms with Gasteiger partial charge in [0.15, 0.2) is 0 Å². The number of aromatic nitrogens is 3. The number of amides is 1. The van der Waals surface area contributed by atoms with Gasteiger partial charge in [0.1, 0.15) is 11.4 Å². The fourth-order valence-electron chi connectivity index (χ4n) is 4.77. The zero-order chi connectivity index (χ0) is 24.0. The second-order valence-electron chi connectivity index (χ2n) is 9.23. The van der Waals surface area contributed by atoms with Crippen LogP contribution in [0, 0.1) is 0 Å². The van der Waals surface area contributed by atoms with Crippen LogP contribution >= 0.6 is 0 Å². The topological polar surface area (TPSA) is 87.8 Å². The molecule has 2 fully saturated rings. The van der Waals surface area contributed by atoms with Gasteiger partial charge in [0.2, 0.25) is 17.6 Å². The molecule has 1 aromatic carbocycles. The van der Waals surface area contributed by atoms with Crippen molar-refractivity contribution in [2.75, 3.05) is 52.9 Å². The van der Waals surface area contributed by atoms with E-state index in [0.29, 0.717) is 18.3 Å². The van der Waals surface area contributed by atoms with E-state index in [4.69, 9.17) is 9.26 Å². The van der Waals surface area contributed by atoms with Crippen molar-refractivity contribution in [1.82, 2.24) is 29.8 Å². The minimum absolute atomic E-state index is 0.225. The summed E-state index contributed by atoms with van der Waals surface area (Å²) < 4.78 is 10.8. The van der Waals surface area contributed by atoms with Crippen LogP contribution in [0.15, 0.2) is 53.2 Å². The highest BCUT2D eigenvalue weighted by Crippen LogP contribution is 2.28. The molecule has 9 heteroatoms. The maximum Gasteiger partial charge on any atom is 0.236 e. The van der Waals surface area contributed by atoms with Crippen molar-refractivity contribution in [3.05, 3.63) is 60.1 Å². The van der Waals surface area contributed by atoms with Crippen LogP contribution in [0.25, 0.3) is 11.5 Å². The summed E-state index contributed by atoms with van der Waals surface area (Å²) in [7, 11) is 1.68. The lowest BCUT2D eigenvalue weighted by Gasteiger charge is -2.37. The summed E-state index contributed by atoms with van der Waals surface area (Å²) in [5.74, 6) is 2.53. The molecule has 0 spiro atoms. The molecule has 5 rings (SSSR count). The van der Waals surface area contributed by atoms with E-state index in [2.05, 4.69) is 37.1 Å². The Bertz CT molecular complexity index is 1090. The lowest BCUT2D eigenvalue weighted by atomic mass is 9.97.